The van der Waals surface area contributed by atoms with Crippen LogP contribution in [0.2, 0.25) is 10.0 Å². The first-order valence-electron chi connectivity index (χ1n) is 7.98. The lowest BCUT2D eigenvalue weighted by atomic mass is 10.2. The third-order valence-electron chi connectivity index (χ3n) is 3.85. The summed E-state index contributed by atoms with van der Waals surface area (Å²) in [7, 11) is 0. The number of hydrogen-bond acceptors (Lipinski definition) is 6. The van der Waals surface area contributed by atoms with Crippen molar-refractivity contribution < 1.29 is 4.52 Å². The number of halogens is 2. The van der Waals surface area contributed by atoms with E-state index >= 15 is 0 Å². The second kappa shape index (κ2) is 7.72. The molecule has 136 valence electrons. The number of aromatic nitrogens is 5. The Hall–Kier alpha value is -2.35. The van der Waals surface area contributed by atoms with Gasteiger partial charge in [0, 0.05) is 5.02 Å². The number of rotatable bonds is 5. The normalized spacial score (nSPS) is 11.1. The first kappa shape index (κ1) is 18.0. The summed E-state index contributed by atoms with van der Waals surface area (Å²) in [6.07, 6.45) is 1.65. The van der Waals surface area contributed by atoms with Crippen molar-refractivity contribution in [3.63, 3.8) is 0 Å². The second-order valence-corrected chi connectivity index (χ2v) is 7.46. The number of benzene rings is 2. The van der Waals surface area contributed by atoms with Crippen LogP contribution < -0.4 is 0 Å². The van der Waals surface area contributed by atoms with Crippen molar-refractivity contribution in [2.45, 2.75) is 17.8 Å². The first-order valence-corrected chi connectivity index (χ1v) is 9.73. The maximum Gasteiger partial charge on any atom is 0.259 e. The van der Waals surface area contributed by atoms with Crippen molar-refractivity contribution in [2.75, 3.05) is 0 Å². The Morgan fingerprint density at radius 3 is 2.78 bits per heavy atom. The van der Waals surface area contributed by atoms with Crippen LogP contribution in [0.3, 0.4) is 0 Å². The fourth-order valence-corrected chi connectivity index (χ4v) is 3.58. The summed E-state index contributed by atoms with van der Waals surface area (Å²) in [5, 5.41) is 14.1. The third-order valence-corrected chi connectivity index (χ3v) is 5.53. The molecule has 0 amide bonds. The van der Waals surface area contributed by atoms with Gasteiger partial charge in [-0.25, -0.2) is 0 Å². The standard InChI is InChI=1S/C18H13Cl2N5OS/c1-11-6-7-12(8-15(11)20)25-10-21-23-18(25)27-9-16-22-17(26-24-16)13-4-2-3-5-14(13)19/h2-8,10H,9H2,1H3. The molecule has 27 heavy (non-hydrogen) atoms. The molecule has 0 fully saturated rings. The highest BCUT2D eigenvalue weighted by Crippen LogP contribution is 2.28. The molecule has 0 N–H and O–H groups in total. The monoisotopic (exact) mass is 417 g/mol. The van der Waals surface area contributed by atoms with E-state index in [1.807, 2.05) is 47.9 Å². The minimum absolute atomic E-state index is 0.392. The molecule has 2 aromatic heterocycles. The minimum atomic E-state index is 0.392. The van der Waals surface area contributed by atoms with Gasteiger partial charge in [0.25, 0.3) is 5.89 Å². The summed E-state index contributed by atoms with van der Waals surface area (Å²) in [4.78, 5) is 4.41. The van der Waals surface area contributed by atoms with Gasteiger partial charge >= 0.3 is 0 Å². The van der Waals surface area contributed by atoms with Crippen molar-refractivity contribution >= 4 is 35.0 Å². The van der Waals surface area contributed by atoms with Crippen LogP contribution in [-0.2, 0) is 5.75 Å². The molecule has 4 rings (SSSR count). The van der Waals surface area contributed by atoms with Crippen LogP contribution in [0.4, 0.5) is 0 Å². The molecule has 0 aliphatic heterocycles. The Balaban J connectivity index is 1.51. The van der Waals surface area contributed by atoms with Gasteiger partial charge in [-0.05, 0) is 36.8 Å². The quantitative estimate of drug-likeness (QED) is 0.414. The number of thioether (sulfide) groups is 1. The topological polar surface area (TPSA) is 69.6 Å². The average molecular weight is 418 g/mol. The van der Waals surface area contributed by atoms with E-state index in [4.69, 9.17) is 27.7 Å². The maximum absolute atomic E-state index is 6.23. The molecule has 6 nitrogen and oxygen atoms in total. The molecule has 0 bridgehead atoms. The lowest BCUT2D eigenvalue weighted by molar-refractivity contribution is 0.425. The number of hydrogen-bond donors (Lipinski definition) is 0. The van der Waals surface area contributed by atoms with Crippen molar-refractivity contribution in [3.05, 3.63) is 70.2 Å². The van der Waals surface area contributed by atoms with Gasteiger partial charge < -0.3 is 4.52 Å². The van der Waals surface area contributed by atoms with E-state index in [0.29, 0.717) is 38.2 Å². The fourth-order valence-electron chi connectivity index (χ4n) is 2.42. The second-order valence-electron chi connectivity index (χ2n) is 5.70. The Kier molecular flexibility index (Phi) is 5.15. The molecule has 0 spiro atoms. The highest BCUT2D eigenvalue weighted by Gasteiger charge is 2.14. The van der Waals surface area contributed by atoms with Gasteiger partial charge in [-0.2, -0.15) is 4.98 Å². The van der Waals surface area contributed by atoms with Crippen molar-refractivity contribution in [1.82, 2.24) is 24.9 Å². The van der Waals surface area contributed by atoms with Crippen LogP contribution >= 0.6 is 35.0 Å². The average Bonchev–Trinajstić information content (AvgIpc) is 3.32. The Morgan fingerprint density at radius 1 is 1.11 bits per heavy atom. The van der Waals surface area contributed by atoms with E-state index in [1.54, 1.807) is 12.4 Å². The zero-order chi connectivity index (χ0) is 18.8. The van der Waals surface area contributed by atoms with Gasteiger partial charge in [-0.3, -0.25) is 4.57 Å². The summed E-state index contributed by atoms with van der Waals surface area (Å²) in [6, 6.07) is 13.2. The number of nitrogens with zero attached hydrogens (tertiary/aromatic N) is 5. The summed E-state index contributed by atoms with van der Waals surface area (Å²) < 4.78 is 7.19. The molecule has 0 aliphatic rings. The minimum Gasteiger partial charge on any atom is -0.334 e. The summed E-state index contributed by atoms with van der Waals surface area (Å²) in [6.45, 7) is 1.96. The first-order chi connectivity index (χ1) is 13.1. The smallest absolute Gasteiger partial charge is 0.259 e. The molecule has 2 heterocycles. The largest absolute Gasteiger partial charge is 0.334 e. The Labute approximate surface area is 169 Å². The predicted molar refractivity (Wildman–Crippen MR) is 105 cm³/mol. The summed E-state index contributed by atoms with van der Waals surface area (Å²) in [5.74, 6) is 1.42. The molecule has 2 aromatic carbocycles. The maximum atomic E-state index is 6.23. The van der Waals surface area contributed by atoms with Crippen LogP contribution in [0.5, 0.6) is 0 Å². The molecule has 9 heteroatoms. The fraction of sp³-hybridized carbons (Fsp3) is 0.111. The molecule has 0 saturated carbocycles. The molecule has 0 unspecified atom stereocenters. The van der Waals surface area contributed by atoms with Crippen molar-refractivity contribution in [3.8, 4) is 17.1 Å². The van der Waals surface area contributed by atoms with Crippen LogP contribution in [0.25, 0.3) is 17.1 Å². The van der Waals surface area contributed by atoms with Crippen LogP contribution in [0.1, 0.15) is 11.4 Å². The van der Waals surface area contributed by atoms with Crippen molar-refractivity contribution in [1.29, 1.82) is 0 Å². The summed E-state index contributed by atoms with van der Waals surface area (Å²) in [5.41, 5.74) is 2.62. The van der Waals surface area contributed by atoms with Gasteiger partial charge in [0.15, 0.2) is 11.0 Å². The van der Waals surface area contributed by atoms with E-state index in [2.05, 4.69) is 20.3 Å². The predicted octanol–water partition coefficient (Wildman–Crippen LogP) is 5.22. The molecular weight excluding hydrogens is 405 g/mol. The molecule has 0 atom stereocenters. The molecule has 4 aromatic rings. The van der Waals surface area contributed by atoms with E-state index in [-0.39, 0.29) is 0 Å². The van der Waals surface area contributed by atoms with Crippen LogP contribution in [-0.4, -0.2) is 24.9 Å². The molecule has 0 saturated heterocycles. The van der Waals surface area contributed by atoms with E-state index < -0.39 is 0 Å². The molecule has 0 aliphatic carbocycles. The SMILES string of the molecule is Cc1ccc(-n2cnnc2SCc2noc(-c3ccccc3Cl)n2)cc1Cl. The zero-order valence-corrected chi connectivity index (χ0v) is 16.5. The Morgan fingerprint density at radius 2 is 1.96 bits per heavy atom. The lowest BCUT2D eigenvalue weighted by Crippen LogP contribution is -1.96. The molecular formula is C18H13Cl2N5OS. The van der Waals surface area contributed by atoms with Gasteiger partial charge in [-0.1, -0.05) is 58.3 Å². The third kappa shape index (κ3) is 3.85. The van der Waals surface area contributed by atoms with E-state index in [9.17, 15) is 0 Å². The van der Waals surface area contributed by atoms with Gasteiger partial charge in [0.1, 0.15) is 6.33 Å². The van der Waals surface area contributed by atoms with Crippen LogP contribution in [0.15, 0.2) is 58.5 Å². The van der Waals surface area contributed by atoms with E-state index in [0.717, 1.165) is 11.3 Å². The van der Waals surface area contributed by atoms with Gasteiger partial charge in [-0.15, -0.1) is 10.2 Å². The highest BCUT2D eigenvalue weighted by atomic mass is 35.5. The van der Waals surface area contributed by atoms with E-state index in [1.165, 1.54) is 11.8 Å². The van der Waals surface area contributed by atoms with Gasteiger partial charge in [0.05, 0.1) is 22.0 Å². The van der Waals surface area contributed by atoms with Crippen molar-refractivity contribution in [2.24, 2.45) is 0 Å². The zero-order valence-electron chi connectivity index (χ0n) is 14.1. The highest BCUT2D eigenvalue weighted by molar-refractivity contribution is 7.98. The molecule has 0 radical (unpaired) electrons. The lowest BCUT2D eigenvalue weighted by Gasteiger charge is -2.07. The van der Waals surface area contributed by atoms with Gasteiger partial charge in [0.2, 0.25) is 0 Å². The van der Waals surface area contributed by atoms with Crippen LogP contribution in [0, 0.1) is 6.92 Å². The number of aryl methyl sites for hydroxylation is 1. The summed E-state index contributed by atoms with van der Waals surface area (Å²) >= 11 is 13.9. The Bertz CT molecular complexity index is 1090.